The molecule has 21 heavy (non-hydrogen) atoms. The molecule has 1 heterocycles. The molecule has 3 nitrogen and oxygen atoms in total. The van der Waals surface area contributed by atoms with E-state index in [9.17, 15) is 0 Å². The van der Waals surface area contributed by atoms with Crippen molar-refractivity contribution in [1.29, 1.82) is 0 Å². The van der Waals surface area contributed by atoms with Crippen molar-refractivity contribution in [3.63, 3.8) is 0 Å². The number of para-hydroxylation sites is 1. The highest BCUT2D eigenvalue weighted by Gasteiger charge is 2.20. The molecule has 0 aliphatic heterocycles. The lowest BCUT2D eigenvalue weighted by atomic mass is 9.93. The van der Waals surface area contributed by atoms with Crippen LogP contribution in [-0.2, 0) is 11.3 Å². The van der Waals surface area contributed by atoms with Crippen LogP contribution in [0.15, 0.2) is 36.5 Å². The molecule has 1 aromatic carbocycles. The Balaban J connectivity index is 1.58. The van der Waals surface area contributed by atoms with E-state index in [0.29, 0.717) is 18.8 Å². The number of nitrogens with one attached hydrogen (secondary N) is 1. The number of hydrogen-bond donors (Lipinski definition) is 1. The molecule has 2 aromatic rings. The molecule has 0 amide bonds. The summed E-state index contributed by atoms with van der Waals surface area (Å²) in [4.78, 5) is 4.40. The minimum Gasteiger partial charge on any atom is -0.374 e. The summed E-state index contributed by atoms with van der Waals surface area (Å²) in [5.74, 6) is 0. The number of hydrogen-bond acceptors (Lipinski definition) is 3. The minimum absolute atomic E-state index is 0.409. The fourth-order valence-electron chi connectivity index (χ4n) is 3.21. The molecule has 1 fully saturated rings. The number of benzene rings is 1. The van der Waals surface area contributed by atoms with E-state index in [-0.39, 0.29) is 0 Å². The Morgan fingerprint density at radius 2 is 1.95 bits per heavy atom. The van der Waals surface area contributed by atoms with E-state index >= 15 is 0 Å². The molecule has 1 aromatic heterocycles. The maximum absolute atomic E-state index is 6.15. The van der Waals surface area contributed by atoms with Gasteiger partial charge in [-0.1, -0.05) is 25.1 Å². The molecule has 0 radical (unpaired) electrons. The van der Waals surface area contributed by atoms with Gasteiger partial charge in [-0.05, 0) is 49.9 Å². The highest BCUT2D eigenvalue weighted by molar-refractivity contribution is 5.81. The van der Waals surface area contributed by atoms with Crippen LogP contribution in [0.3, 0.4) is 0 Å². The second-order valence-electron chi connectivity index (χ2n) is 5.83. The van der Waals surface area contributed by atoms with Crippen LogP contribution in [0.2, 0.25) is 0 Å². The molecule has 0 unspecified atom stereocenters. The average Bonchev–Trinajstić information content (AvgIpc) is 2.54. The summed E-state index contributed by atoms with van der Waals surface area (Å²) in [5, 5.41) is 4.75. The van der Waals surface area contributed by atoms with Gasteiger partial charge in [-0.2, -0.15) is 0 Å². The van der Waals surface area contributed by atoms with Crippen LogP contribution in [-0.4, -0.2) is 23.7 Å². The zero-order chi connectivity index (χ0) is 14.5. The first-order chi connectivity index (χ1) is 10.4. The summed E-state index contributed by atoms with van der Waals surface area (Å²) in [6.07, 6.45) is 7.09. The Bertz CT molecular complexity index is 571. The Morgan fingerprint density at radius 1 is 1.14 bits per heavy atom. The summed E-state index contributed by atoms with van der Waals surface area (Å²) in [6, 6.07) is 11.0. The maximum atomic E-state index is 6.15. The van der Waals surface area contributed by atoms with Crippen LogP contribution in [0.25, 0.3) is 10.9 Å². The third-order valence-corrected chi connectivity index (χ3v) is 4.38. The van der Waals surface area contributed by atoms with Gasteiger partial charge in [0, 0.05) is 17.6 Å². The van der Waals surface area contributed by atoms with E-state index in [1.165, 1.54) is 36.6 Å². The van der Waals surface area contributed by atoms with Crippen LogP contribution in [0.4, 0.5) is 0 Å². The van der Waals surface area contributed by atoms with Gasteiger partial charge in [-0.3, -0.25) is 4.98 Å². The smallest absolute Gasteiger partial charge is 0.0727 e. The zero-order valence-corrected chi connectivity index (χ0v) is 12.7. The number of rotatable bonds is 5. The van der Waals surface area contributed by atoms with E-state index in [2.05, 4.69) is 41.5 Å². The fourth-order valence-corrected chi connectivity index (χ4v) is 3.21. The van der Waals surface area contributed by atoms with E-state index < -0.39 is 0 Å². The van der Waals surface area contributed by atoms with Gasteiger partial charge in [0.2, 0.25) is 0 Å². The van der Waals surface area contributed by atoms with Crippen LogP contribution in [0.1, 0.15) is 38.2 Å². The summed E-state index contributed by atoms with van der Waals surface area (Å²) >= 11 is 0. The second kappa shape index (κ2) is 7.01. The lowest BCUT2D eigenvalue weighted by Crippen LogP contribution is -2.35. The largest absolute Gasteiger partial charge is 0.374 e. The minimum atomic E-state index is 0.409. The predicted octanol–water partition coefficient (Wildman–Crippen LogP) is 3.67. The Hall–Kier alpha value is -1.45. The van der Waals surface area contributed by atoms with E-state index in [1.54, 1.807) is 0 Å². The highest BCUT2D eigenvalue weighted by atomic mass is 16.5. The highest BCUT2D eigenvalue weighted by Crippen LogP contribution is 2.24. The van der Waals surface area contributed by atoms with Crippen LogP contribution < -0.4 is 5.32 Å². The monoisotopic (exact) mass is 284 g/mol. The summed E-state index contributed by atoms with van der Waals surface area (Å²) in [6.45, 7) is 3.94. The molecule has 1 aliphatic rings. The molecule has 1 N–H and O–H groups in total. The third kappa shape index (κ3) is 3.60. The first-order valence-electron chi connectivity index (χ1n) is 8.04. The lowest BCUT2D eigenvalue weighted by molar-refractivity contribution is 0.0119. The molecule has 1 aliphatic carbocycles. The van der Waals surface area contributed by atoms with Crippen molar-refractivity contribution >= 4 is 10.9 Å². The van der Waals surface area contributed by atoms with Crippen molar-refractivity contribution < 1.29 is 4.74 Å². The molecule has 112 valence electrons. The third-order valence-electron chi connectivity index (χ3n) is 4.38. The molecular weight excluding hydrogens is 260 g/mol. The maximum Gasteiger partial charge on any atom is 0.0727 e. The number of pyridine rings is 1. The Kier molecular flexibility index (Phi) is 4.84. The number of ether oxygens (including phenoxy) is 1. The molecule has 3 heteroatoms. The van der Waals surface area contributed by atoms with Crippen molar-refractivity contribution in [3.05, 3.63) is 42.1 Å². The average molecular weight is 284 g/mol. The normalized spacial score (nSPS) is 22.5. The number of fused-ring (bicyclic) bond motifs is 1. The van der Waals surface area contributed by atoms with Gasteiger partial charge in [0.05, 0.1) is 18.2 Å². The summed E-state index contributed by atoms with van der Waals surface area (Å²) < 4.78 is 6.15. The van der Waals surface area contributed by atoms with Gasteiger partial charge in [0.15, 0.2) is 0 Å². The second-order valence-corrected chi connectivity index (χ2v) is 5.83. The number of nitrogens with zero attached hydrogens (tertiary/aromatic N) is 1. The van der Waals surface area contributed by atoms with Crippen molar-refractivity contribution in [3.8, 4) is 0 Å². The van der Waals surface area contributed by atoms with Gasteiger partial charge >= 0.3 is 0 Å². The van der Waals surface area contributed by atoms with Gasteiger partial charge < -0.3 is 10.1 Å². The predicted molar refractivity (Wildman–Crippen MR) is 86.3 cm³/mol. The fraction of sp³-hybridized carbons (Fsp3) is 0.500. The van der Waals surface area contributed by atoms with E-state index in [4.69, 9.17) is 4.74 Å². The van der Waals surface area contributed by atoms with E-state index in [1.807, 2.05) is 12.3 Å². The quantitative estimate of drug-likeness (QED) is 0.909. The van der Waals surface area contributed by atoms with Gasteiger partial charge in [0.25, 0.3) is 0 Å². The first kappa shape index (κ1) is 14.5. The van der Waals surface area contributed by atoms with Crippen LogP contribution in [0.5, 0.6) is 0 Å². The Labute approximate surface area is 126 Å². The van der Waals surface area contributed by atoms with Crippen molar-refractivity contribution in [2.45, 2.75) is 51.4 Å². The molecule has 0 bridgehead atoms. The molecule has 3 rings (SSSR count). The van der Waals surface area contributed by atoms with E-state index in [0.717, 1.165) is 12.1 Å². The van der Waals surface area contributed by atoms with Crippen LogP contribution >= 0.6 is 0 Å². The van der Waals surface area contributed by atoms with Crippen molar-refractivity contribution in [2.24, 2.45) is 0 Å². The Morgan fingerprint density at radius 3 is 2.76 bits per heavy atom. The lowest BCUT2D eigenvalue weighted by Gasteiger charge is -2.29. The summed E-state index contributed by atoms with van der Waals surface area (Å²) in [7, 11) is 0. The molecular formula is C18H24N2O. The zero-order valence-electron chi connectivity index (χ0n) is 12.7. The number of aromatic nitrogens is 1. The van der Waals surface area contributed by atoms with Gasteiger partial charge in [-0.25, -0.2) is 0 Å². The standard InChI is InChI=1S/C18H24N2O/c1-2-19-15-7-9-16(10-8-15)21-13-14-11-12-20-18-6-4-3-5-17(14)18/h3-6,11-12,15-16,19H,2,7-10,13H2,1H3. The van der Waals surface area contributed by atoms with Crippen LogP contribution in [0, 0.1) is 0 Å². The topological polar surface area (TPSA) is 34.1 Å². The summed E-state index contributed by atoms with van der Waals surface area (Å²) in [5.41, 5.74) is 2.30. The molecule has 1 saturated carbocycles. The molecule has 0 saturated heterocycles. The van der Waals surface area contributed by atoms with Crippen molar-refractivity contribution in [2.75, 3.05) is 6.54 Å². The molecule has 0 atom stereocenters. The SMILES string of the molecule is CCNC1CCC(OCc2ccnc3ccccc23)CC1. The van der Waals surface area contributed by atoms with Gasteiger partial charge in [0.1, 0.15) is 0 Å². The van der Waals surface area contributed by atoms with Crippen molar-refractivity contribution in [1.82, 2.24) is 10.3 Å². The molecule has 0 spiro atoms. The first-order valence-corrected chi connectivity index (χ1v) is 8.04. The van der Waals surface area contributed by atoms with Gasteiger partial charge in [-0.15, -0.1) is 0 Å².